The molecule has 1 unspecified atom stereocenters. The fourth-order valence-corrected chi connectivity index (χ4v) is 3.43. The van der Waals surface area contributed by atoms with Gasteiger partial charge in [0.2, 0.25) is 0 Å². The number of likely N-dealkylation sites (tertiary alicyclic amines) is 1. The molecular weight excluding hydrogens is 328 g/mol. The van der Waals surface area contributed by atoms with Crippen LogP contribution in [0.15, 0.2) is 55.2 Å². The Labute approximate surface area is 151 Å². The maximum Gasteiger partial charge on any atom is 0.274 e. The number of nitrogens with zero attached hydrogens (tertiary/aromatic N) is 6. The summed E-state index contributed by atoms with van der Waals surface area (Å²) >= 11 is 0. The highest BCUT2D eigenvalue weighted by molar-refractivity contribution is 5.92. The molecule has 0 N–H and O–H groups in total. The molecule has 1 amide bonds. The predicted molar refractivity (Wildman–Crippen MR) is 95.5 cm³/mol. The molecule has 7 nitrogen and oxygen atoms in total. The number of carbonyl (C=O) groups is 1. The number of piperidine rings is 1. The summed E-state index contributed by atoms with van der Waals surface area (Å²) in [4.78, 5) is 22.6. The molecule has 0 bridgehead atoms. The first-order chi connectivity index (χ1) is 12.8. The van der Waals surface area contributed by atoms with Crippen LogP contribution in [0, 0.1) is 0 Å². The van der Waals surface area contributed by atoms with Gasteiger partial charge in [0.1, 0.15) is 17.8 Å². The van der Waals surface area contributed by atoms with Gasteiger partial charge in [0.15, 0.2) is 0 Å². The summed E-state index contributed by atoms with van der Waals surface area (Å²) in [7, 11) is 0. The van der Waals surface area contributed by atoms with E-state index >= 15 is 0 Å². The number of hydrogen-bond donors (Lipinski definition) is 0. The molecule has 4 rings (SSSR count). The van der Waals surface area contributed by atoms with Crippen LogP contribution in [0.2, 0.25) is 0 Å². The minimum absolute atomic E-state index is 0.0723. The third-order valence-electron chi connectivity index (χ3n) is 4.70. The molecule has 0 spiro atoms. The lowest BCUT2D eigenvalue weighted by molar-refractivity contribution is 0.0697. The van der Waals surface area contributed by atoms with E-state index in [-0.39, 0.29) is 11.8 Å². The van der Waals surface area contributed by atoms with Crippen LogP contribution in [-0.2, 0) is 6.54 Å². The van der Waals surface area contributed by atoms with Gasteiger partial charge in [-0.3, -0.25) is 9.78 Å². The van der Waals surface area contributed by atoms with Gasteiger partial charge in [0, 0.05) is 31.4 Å². The Balaban J connectivity index is 1.50. The summed E-state index contributed by atoms with van der Waals surface area (Å²) in [6.07, 6.45) is 8.34. The van der Waals surface area contributed by atoms with Gasteiger partial charge in [0.05, 0.1) is 12.7 Å². The summed E-state index contributed by atoms with van der Waals surface area (Å²) in [6, 6.07) is 10.2. The van der Waals surface area contributed by atoms with Gasteiger partial charge < -0.3 is 9.47 Å². The van der Waals surface area contributed by atoms with Crippen molar-refractivity contribution < 1.29 is 4.79 Å². The zero-order chi connectivity index (χ0) is 17.8. The first-order valence-electron chi connectivity index (χ1n) is 8.78. The Morgan fingerprint density at radius 3 is 2.88 bits per heavy atom. The third kappa shape index (κ3) is 3.46. The van der Waals surface area contributed by atoms with E-state index < -0.39 is 0 Å². The summed E-state index contributed by atoms with van der Waals surface area (Å²) in [5.74, 6) is 1.04. The van der Waals surface area contributed by atoms with Crippen LogP contribution in [0.1, 0.15) is 40.6 Å². The lowest BCUT2D eigenvalue weighted by Gasteiger charge is -2.32. The van der Waals surface area contributed by atoms with Crippen LogP contribution >= 0.6 is 0 Å². The predicted octanol–water partition coefficient (Wildman–Crippen LogP) is 2.14. The molecule has 0 saturated carbocycles. The van der Waals surface area contributed by atoms with Gasteiger partial charge in [0.25, 0.3) is 5.91 Å². The molecule has 3 aromatic rings. The first kappa shape index (κ1) is 16.4. The monoisotopic (exact) mass is 348 g/mol. The second-order valence-electron chi connectivity index (χ2n) is 6.48. The van der Waals surface area contributed by atoms with E-state index in [0.717, 1.165) is 31.8 Å². The van der Waals surface area contributed by atoms with Crippen LogP contribution < -0.4 is 0 Å². The van der Waals surface area contributed by atoms with Crippen molar-refractivity contribution in [1.82, 2.24) is 29.6 Å². The molecule has 26 heavy (non-hydrogen) atoms. The SMILES string of the molecule is O=C(c1cnccn1)N1CCCC(c2nncn2Cc2ccccc2)C1. The van der Waals surface area contributed by atoms with Crippen molar-refractivity contribution in [2.45, 2.75) is 25.3 Å². The van der Waals surface area contributed by atoms with Gasteiger partial charge in [-0.05, 0) is 18.4 Å². The lowest BCUT2D eigenvalue weighted by atomic mass is 9.96. The van der Waals surface area contributed by atoms with Crippen molar-refractivity contribution >= 4 is 5.91 Å². The first-order valence-corrected chi connectivity index (χ1v) is 8.78. The highest BCUT2D eigenvalue weighted by Gasteiger charge is 2.29. The van der Waals surface area contributed by atoms with Gasteiger partial charge in [-0.2, -0.15) is 0 Å². The fourth-order valence-electron chi connectivity index (χ4n) is 3.43. The molecule has 7 heteroatoms. The molecule has 0 aliphatic carbocycles. The van der Waals surface area contributed by atoms with Crippen molar-refractivity contribution in [2.24, 2.45) is 0 Å². The Hall–Kier alpha value is -3.09. The average molecular weight is 348 g/mol. The van der Waals surface area contributed by atoms with E-state index in [1.54, 1.807) is 18.7 Å². The molecule has 1 aliphatic rings. The molecule has 1 aromatic carbocycles. The maximum absolute atomic E-state index is 12.7. The number of amides is 1. The number of carbonyl (C=O) groups excluding carboxylic acids is 1. The number of rotatable bonds is 4. The largest absolute Gasteiger partial charge is 0.337 e. The van der Waals surface area contributed by atoms with Crippen LogP contribution in [0.3, 0.4) is 0 Å². The minimum atomic E-state index is -0.0723. The normalized spacial score (nSPS) is 17.2. The number of aromatic nitrogens is 5. The highest BCUT2D eigenvalue weighted by atomic mass is 16.2. The standard InChI is InChI=1S/C19H20N6O/c26-19(17-11-20-8-9-21-17)24-10-4-7-16(13-24)18-23-22-14-25(18)12-15-5-2-1-3-6-15/h1-3,5-6,8-9,11,14,16H,4,7,10,12-13H2. The summed E-state index contributed by atoms with van der Waals surface area (Å²) in [5.41, 5.74) is 1.59. The number of benzene rings is 1. The molecule has 3 heterocycles. The molecule has 1 aliphatic heterocycles. The van der Waals surface area contributed by atoms with E-state index in [4.69, 9.17) is 0 Å². The summed E-state index contributed by atoms with van der Waals surface area (Å²) in [5, 5.41) is 8.46. The lowest BCUT2D eigenvalue weighted by Crippen LogP contribution is -2.40. The van der Waals surface area contributed by atoms with E-state index in [2.05, 4.69) is 36.9 Å². The van der Waals surface area contributed by atoms with Crippen molar-refractivity contribution in [3.63, 3.8) is 0 Å². The van der Waals surface area contributed by atoms with Gasteiger partial charge >= 0.3 is 0 Å². The van der Waals surface area contributed by atoms with Gasteiger partial charge in [-0.1, -0.05) is 30.3 Å². The van der Waals surface area contributed by atoms with Gasteiger partial charge in [-0.15, -0.1) is 10.2 Å². The third-order valence-corrected chi connectivity index (χ3v) is 4.70. The van der Waals surface area contributed by atoms with E-state index in [1.165, 1.54) is 11.8 Å². The second-order valence-corrected chi connectivity index (χ2v) is 6.48. The van der Waals surface area contributed by atoms with Crippen LogP contribution in [0.4, 0.5) is 0 Å². The van der Waals surface area contributed by atoms with Crippen LogP contribution in [0.25, 0.3) is 0 Å². The van der Waals surface area contributed by atoms with Crippen LogP contribution in [0.5, 0.6) is 0 Å². The Bertz CT molecular complexity index is 864. The summed E-state index contributed by atoms with van der Waals surface area (Å²) < 4.78 is 2.08. The fraction of sp³-hybridized carbons (Fsp3) is 0.316. The molecule has 1 atom stereocenters. The van der Waals surface area contributed by atoms with Crippen LogP contribution in [-0.4, -0.2) is 48.6 Å². The smallest absolute Gasteiger partial charge is 0.274 e. The van der Waals surface area contributed by atoms with E-state index in [1.807, 2.05) is 23.1 Å². The minimum Gasteiger partial charge on any atom is -0.337 e. The molecular formula is C19H20N6O. The topological polar surface area (TPSA) is 76.8 Å². The zero-order valence-corrected chi connectivity index (χ0v) is 14.4. The quantitative estimate of drug-likeness (QED) is 0.722. The van der Waals surface area contributed by atoms with E-state index in [9.17, 15) is 4.79 Å². The molecule has 1 saturated heterocycles. The van der Waals surface area contributed by atoms with Crippen molar-refractivity contribution in [1.29, 1.82) is 0 Å². The van der Waals surface area contributed by atoms with E-state index in [0.29, 0.717) is 12.2 Å². The van der Waals surface area contributed by atoms with Crippen molar-refractivity contribution in [3.8, 4) is 0 Å². The molecule has 0 radical (unpaired) electrons. The molecule has 132 valence electrons. The Morgan fingerprint density at radius 1 is 1.19 bits per heavy atom. The average Bonchev–Trinajstić information content (AvgIpc) is 3.17. The number of hydrogen-bond acceptors (Lipinski definition) is 5. The Kier molecular flexibility index (Phi) is 4.68. The highest BCUT2D eigenvalue weighted by Crippen LogP contribution is 2.26. The second kappa shape index (κ2) is 7.43. The molecule has 1 fully saturated rings. The van der Waals surface area contributed by atoms with Crippen molar-refractivity contribution in [3.05, 3.63) is 72.3 Å². The Morgan fingerprint density at radius 2 is 2.08 bits per heavy atom. The maximum atomic E-state index is 12.7. The zero-order valence-electron chi connectivity index (χ0n) is 14.4. The van der Waals surface area contributed by atoms with Crippen molar-refractivity contribution in [2.75, 3.05) is 13.1 Å². The van der Waals surface area contributed by atoms with Gasteiger partial charge in [-0.25, -0.2) is 4.98 Å². The summed E-state index contributed by atoms with van der Waals surface area (Å²) in [6.45, 7) is 2.10. The molecule has 2 aromatic heterocycles.